The van der Waals surface area contributed by atoms with Crippen LogP contribution < -0.4 is 10.5 Å². The molecule has 1 aromatic carbocycles. The maximum atomic E-state index is 13.0. The molecule has 0 amide bonds. The van der Waals surface area contributed by atoms with E-state index in [1.165, 1.54) is 10.4 Å². The fraction of sp³-hybridized carbons (Fsp3) is 0.611. The van der Waals surface area contributed by atoms with Gasteiger partial charge in [-0.2, -0.15) is 4.31 Å². The second-order valence-electron chi connectivity index (χ2n) is 6.96. The largest absolute Gasteiger partial charge is 0.478 e. The third-order valence-electron chi connectivity index (χ3n) is 5.06. The van der Waals surface area contributed by atoms with Gasteiger partial charge in [0.2, 0.25) is 10.0 Å². The maximum Gasteiger partial charge on any atom is 0.347 e. The highest BCUT2D eigenvalue weighted by atomic mass is 32.2. The summed E-state index contributed by atoms with van der Waals surface area (Å²) in [5.41, 5.74) is 6.68. The van der Waals surface area contributed by atoms with E-state index in [0.29, 0.717) is 30.8 Å². The standard InChI is InChI=1S/C18H26N2O5S/c1-3-24-18(21)17-10-14-9-15(6-7-16(14)25-17)26(22,23)20-8-4-5-13(11-20)12(2)19/h6-7,9,12-13,17H,3-5,8,10-11,19H2,1-2H3. The van der Waals surface area contributed by atoms with Gasteiger partial charge < -0.3 is 15.2 Å². The fourth-order valence-corrected chi connectivity index (χ4v) is 5.11. The van der Waals surface area contributed by atoms with Crippen LogP contribution in [0.5, 0.6) is 5.75 Å². The number of fused-ring (bicyclic) bond motifs is 1. The normalized spacial score (nSPS) is 24.6. The number of piperidine rings is 1. The molecule has 0 radical (unpaired) electrons. The van der Waals surface area contributed by atoms with Crippen molar-refractivity contribution in [3.8, 4) is 5.75 Å². The van der Waals surface area contributed by atoms with Crippen molar-refractivity contribution in [3.05, 3.63) is 23.8 Å². The van der Waals surface area contributed by atoms with E-state index in [2.05, 4.69) is 0 Å². The lowest BCUT2D eigenvalue weighted by atomic mass is 9.93. The summed E-state index contributed by atoms with van der Waals surface area (Å²) < 4.78 is 38.1. The third kappa shape index (κ3) is 3.72. The SMILES string of the molecule is CCOC(=O)C1Cc2cc(S(=O)(=O)N3CCCC(C(C)N)C3)ccc2O1. The van der Waals surface area contributed by atoms with Crippen molar-refractivity contribution < 1.29 is 22.7 Å². The molecular formula is C18H26N2O5S. The van der Waals surface area contributed by atoms with Gasteiger partial charge in [-0.15, -0.1) is 0 Å². The van der Waals surface area contributed by atoms with Crippen LogP contribution in [0.3, 0.4) is 0 Å². The molecule has 7 nitrogen and oxygen atoms in total. The molecule has 1 aromatic rings. The Morgan fingerprint density at radius 3 is 2.92 bits per heavy atom. The first kappa shape index (κ1) is 19.1. The number of hydrogen-bond acceptors (Lipinski definition) is 6. The number of ether oxygens (including phenoxy) is 2. The van der Waals surface area contributed by atoms with E-state index in [4.69, 9.17) is 15.2 Å². The van der Waals surface area contributed by atoms with E-state index in [1.54, 1.807) is 19.1 Å². The number of hydrogen-bond donors (Lipinski definition) is 1. The Balaban J connectivity index is 1.79. The van der Waals surface area contributed by atoms with Crippen molar-refractivity contribution in [1.82, 2.24) is 4.31 Å². The molecule has 0 aromatic heterocycles. The summed E-state index contributed by atoms with van der Waals surface area (Å²) in [6, 6.07) is 4.73. The first-order valence-corrected chi connectivity index (χ1v) is 10.5. The van der Waals surface area contributed by atoms with Gasteiger partial charge in [-0.25, -0.2) is 13.2 Å². The molecule has 3 rings (SSSR count). The van der Waals surface area contributed by atoms with Gasteiger partial charge in [0.25, 0.3) is 0 Å². The van der Waals surface area contributed by atoms with Crippen molar-refractivity contribution >= 4 is 16.0 Å². The first-order valence-electron chi connectivity index (χ1n) is 9.05. The minimum atomic E-state index is -3.59. The third-order valence-corrected chi connectivity index (χ3v) is 6.92. The molecule has 1 saturated heterocycles. The highest BCUT2D eigenvalue weighted by molar-refractivity contribution is 7.89. The molecule has 2 aliphatic rings. The van der Waals surface area contributed by atoms with Gasteiger partial charge >= 0.3 is 5.97 Å². The number of nitrogens with zero attached hydrogens (tertiary/aromatic N) is 1. The summed E-state index contributed by atoms with van der Waals surface area (Å²) in [6.45, 7) is 4.88. The molecule has 2 aliphatic heterocycles. The fourth-order valence-electron chi connectivity index (χ4n) is 3.52. The lowest BCUT2D eigenvalue weighted by Crippen LogP contribution is -2.44. The van der Waals surface area contributed by atoms with Crippen molar-refractivity contribution in [2.24, 2.45) is 11.7 Å². The summed E-state index contributed by atoms with van der Waals surface area (Å²) in [5.74, 6) is 0.280. The van der Waals surface area contributed by atoms with Gasteiger partial charge in [-0.3, -0.25) is 0 Å². The number of esters is 1. The van der Waals surface area contributed by atoms with Gasteiger partial charge in [0, 0.05) is 25.6 Å². The number of nitrogens with two attached hydrogens (primary N) is 1. The van der Waals surface area contributed by atoms with Gasteiger partial charge in [0.1, 0.15) is 5.75 Å². The Hall–Kier alpha value is -1.64. The predicted molar refractivity (Wildman–Crippen MR) is 96.3 cm³/mol. The average Bonchev–Trinajstić information content (AvgIpc) is 3.05. The van der Waals surface area contributed by atoms with Crippen LogP contribution in [0.15, 0.2) is 23.1 Å². The zero-order valence-electron chi connectivity index (χ0n) is 15.2. The number of carbonyl (C=O) groups excluding carboxylic acids is 1. The molecule has 0 bridgehead atoms. The van der Waals surface area contributed by atoms with E-state index < -0.39 is 22.1 Å². The smallest absolute Gasteiger partial charge is 0.347 e. The van der Waals surface area contributed by atoms with Crippen LogP contribution in [0, 0.1) is 5.92 Å². The van der Waals surface area contributed by atoms with E-state index in [1.807, 2.05) is 6.92 Å². The highest BCUT2D eigenvalue weighted by Gasteiger charge is 2.34. The molecule has 3 atom stereocenters. The predicted octanol–water partition coefficient (Wildman–Crippen LogP) is 1.30. The van der Waals surface area contributed by atoms with Crippen LogP contribution in [0.1, 0.15) is 32.3 Å². The van der Waals surface area contributed by atoms with Gasteiger partial charge in [-0.1, -0.05) is 0 Å². The van der Waals surface area contributed by atoms with E-state index >= 15 is 0 Å². The molecule has 2 heterocycles. The minimum Gasteiger partial charge on any atom is -0.478 e. The Labute approximate surface area is 154 Å². The average molecular weight is 382 g/mol. The lowest BCUT2D eigenvalue weighted by Gasteiger charge is -2.33. The van der Waals surface area contributed by atoms with E-state index in [-0.39, 0.29) is 23.5 Å². The highest BCUT2D eigenvalue weighted by Crippen LogP contribution is 2.33. The Morgan fingerprint density at radius 1 is 1.46 bits per heavy atom. The van der Waals surface area contributed by atoms with Gasteiger partial charge in [0.15, 0.2) is 6.10 Å². The summed E-state index contributed by atoms with van der Waals surface area (Å²) >= 11 is 0. The van der Waals surface area contributed by atoms with Gasteiger partial charge in [-0.05, 0) is 56.4 Å². The van der Waals surface area contributed by atoms with E-state index in [0.717, 1.165) is 12.8 Å². The van der Waals surface area contributed by atoms with Crippen LogP contribution in [-0.2, 0) is 26.0 Å². The second-order valence-corrected chi connectivity index (χ2v) is 8.89. The zero-order valence-corrected chi connectivity index (χ0v) is 16.0. The van der Waals surface area contributed by atoms with Crippen LogP contribution >= 0.6 is 0 Å². The molecule has 0 saturated carbocycles. The lowest BCUT2D eigenvalue weighted by molar-refractivity contribution is -0.150. The molecule has 8 heteroatoms. The number of benzene rings is 1. The maximum absolute atomic E-state index is 13.0. The molecule has 26 heavy (non-hydrogen) atoms. The monoisotopic (exact) mass is 382 g/mol. The molecule has 2 N–H and O–H groups in total. The van der Waals surface area contributed by atoms with Crippen molar-refractivity contribution in [1.29, 1.82) is 0 Å². The number of carbonyl (C=O) groups is 1. The topological polar surface area (TPSA) is 98.9 Å². The van der Waals surface area contributed by atoms with Crippen LogP contribution in [0.2, 0.25) is 0 Å². The summed E-state index contributed by atoms with van der Waals surface area (Å²) in [6.07, 6.45) is 1.37. The van der Waals surface area contributed by atoms with E-state index in [9.17, 15) is 13.2 Å². The molecular weight excluding hydrogens is 356 g/mol. The summed E-state index contributed by atoms with van der Waals surface area (Å²) in [7, 11) is -3.59. The summed E-state index contributed by atoms with van der Waals surface area (Å²) in [4.78, 5) is 12.1. The van der Waals surface area contributed by atoms with Gasteiger partial charge in [0.05, 0.1) is 11.5 Å². The zero-order chi connectivity index (χ0) is 18.9. The Kier molecular flexibility index (Phi) is 5.55. The van der Waals surface area contributed by atoms with Crippen LogP contribution in [0.25, 0.3) is 0 Å². The summed E-state index contributed by atoms with van der Waals surface area (Å²) in [5, 5.41) is 0. The second kappa shape index (κ2) is 7.54. The number of rotatable bonds is 5. The molecule has 0 aliphatic carbocycles. The van der Waals surface area contributed by atoms with Crippen LogP contribution in [-0.4, -0.2) is 50.5 Å². The first-order chi connectivity index (χ1) is 12.3. The Bertz CT molecular complexity index is 778. The van der Waals surface area contributed by atoms with Crippen molar-refractivity contribution in [2.45, 2.75) is 50.2 Å². The quantitative estimate of drug-likeness (QED) is 0.771. The molecule has 1 fully saturated rings. The molecule has 144 valence electrons. The van der Waals surface area contributed by atoms with Crippen molar-refractivity contribution in [2.75, 3.05) is 19.7 Å². The minimum absolute atomic E-state index is 0.0354. The van der Waals surface area contributed by atoms with Crippen LogP contribution in [0.4, 0.5) is 0 Å². The van der Waals surface area contributed by atoms with Crippen molar-refractivity contribution in [3.63, 3.8) is 0 Å². The molecule has 3 unspecified atom stereocenters. The number of sulfonamides is 1. The Morgan fingerprint density at radius 2 is 2.23 bits per heavy atom. The molecule has 0 spiro atoms.